The zero-order valence-electron chi connectivity index (χ0n) is 14.0. The zero-order chi connectivity index (χ0) is 19.6. The number of carbonyl (C=O) groups is 1. The third-order valence-electron chi connectivity index (χ3n) is 3.68. The fraction of sp³-hybridized carbons (Fsp3) is 0.176. The number of halogens is 2. The third kappa shape index (κ3) is 4.40. The third-order valence-corrected chi connectivity index (χ3v) is 6.33. The van der Waals surface area contributed by atoms with Gasteiger partial charge in [0.1, 0.15) is 17.1 Å². The summed E-state index contributed by atoms with van der Waals surface area (Å²) in [5.41, 5.74) is -0.0532. The summed E-state index contributed by atoms with van der Waals surface area (Å²) in [6.45, 7) is 0. The van der Waals surface area contributed by atoms with E-state index in [9.17, 15) is 22.0 Å². The molecule has 10 heteroatoms. The number of amides is 1. The van der Waals surface area contributed by atoms with Gasteiger partial charge in [-0.3, -0.25) is 4.79 Å². The Balaban J connectivity index is 1.66. The molecule has 1 aromatic heterocycles. The van der Waals surface area contributed by atoms with Crippen LogP contribution < -0.4 is 10.1 Å². The SMILES string of the molecule is COc1ccc(S(=O)(=O)CCC(=O)Nc2nc3c(F)cc(F)cc3s2)cc1. The Labute approximate surface area is 157 Å². The molecule has 0 bridgehead atoms. The van der Waals surface area contributed by atoms with Crippen molar-refractivity contribution in [3.05, 3.63) is 48.0 Å². The molecule has 0 unspecified atom stereocenters. The van der Waals surface area contributed by atoms with Crippen LogP contribution >= 0.6 is 11.3 Å². The normalized spacial score (nSPS) is 11.5. The topological polar surface area (TPSA) is 85.4 Å². The average molecular weight is 412 g/mol. The van der Waals surface area contributed by atoms with Gasteiger partial charge in [0.05, 0.1) is 22.5 Å². The molecule has 0 radical (unpaired) electrons. The predicted molar refractivity (Wildman–Crippen MR) is 97.8 cm³/mol. The fourth-order valence-corrected chi connectivity index (χ4v) is 4.48. The number of ether oxygens (including phenoxy) is 1. The van der Waals surface area contributed by atoms with E-state index in [0.717, 1.165) is 17.4 Å². The number of rotatable bonds is 6. The molecule has 0 aliphatic carbocycles. The Morgan fingerprint density at radius 1 is 1.22 bits per heavy atom. The van der Waals surface area contributed by atoms with Gasteiger partial charge < -0.3 is 10.1 Å². The number of sulfone groups is 1. The first kappa shape index (κ1) is 19.2. The van der Waals surface area contributed by atoms with Gasteiger partial charge in [-0.15, -0.1) is 0 Å². The van der Waals surface area contributed by atoms with Crippen LogP contribution in [0.5, 0.6) is 5.75 Å². The second kappa shape index (κ2) is 7.57. The molecule has 2 aromatic carbocycles. The van der Waals surface area contributed by atoms with Crippen molar-refractivity contribution in [3.63, 3.8) is 0 Å². The standard InChI is InChI=1S/C17H14F2N2O4S2/c1-25-11-2-4-12(5-3-11)27(23,24)7-6-15(22)20-17-21-16-13(19)8-10(18)9-14(16)26-17/h2-5,8-9H,6-7H2,1H3,(H,20,21,22). The Kier molecular flexibility index (Phi) is 5.38. The number of aromatic nitrogens is 1. The summed E-state index contributed by atoms with van der Waals surface area (Å²) in [5, 5.41) is 2.49. The molecular formula is C17H14F2N2O4S2. The van der Waals surface area contributed by atoms with Crippen LogP contribution in [0.2, 0.25) is 0 Å². The van der Waals surface area contributed by atoms with Crippen molar-refractivity contribution in [1.29, 1.82) is 0 Å². The minimum Gasteiger partial charge on any atom is -0.497 e. The molecule has 3 aromatic rings. The van der Waals surface area contributed by atoms with Gasteiger partial charge in [0.2, 0.25) is 5.91 Å². The maximum atomic E-state index is 13.6. The largest absolute Gasteiger partial charge is 0.497 e. The van der Waals surface area contributed by atoms with Crippen molar-refractivity contribution >= 4 is 42.4 Å². The Hall–Kier alpha value is -2.59. The van der Waals surface area contributed by atoms with Crippen molar-refractivity contribution in [3.8, 4) is 5.75 Å². The van der Waals surface area contributed by atoms with Crippen LogP contribution in [-0.4, -0.2) is 32.2 Å². The van der Waals surface area contributed by atoms with Gasteiger partial charge in [-0.1, -0.05) is 11.3 Å². The average Bonchev–Trinajstić information content (AvgIpc) is 3.02. The molecule has 27 heavy (non-hydrogen) atoms. The van der Waals surface area contributed by atoms with E-state index in [1.165, 1.54) is 31.4 Å². The summed E-state index contributed by atoms with van der Waals surface area (Å²) < 4.78 is 56.6. The van der Waals surface area contributed by atoms with Gasteiger partial charge >= 0.3 is 0 Å². The second-order valence-corrected chi connectivity index (χ2v) is 8.69. The lowest BCUT2D eigenvalue weighted by Gasteiger charge is -2.06. The lowest BCUT2D eigenvalue weighted by atomic mass is 10.3. The van der Waals surface area contributed by atoms with Crippen LogP contribution in [-0.2, 0) is 14.6 Å². The van der Waals surface area contributed by atoms with Crippen molar-refractivity contribution < 1.29 is 26.7 Å². The molecule has 0 aliphatic heterocycles. The van der Waals surface area contributed by atoms with Crippen molar-refractivity contribution in [2.75, 3.05) is 18.2 Å². The van der Waals surface area contributed by atoms with Crippen molar-refractivity contribution in [2.24, 2.45) is 0 Å². The van der Waals surface area contributed by atoms with Gasteiger partial charge in [-0.25, -0.2) is 22.2 Å². The van der Waals surface area contributed by atoms with Gasteiger partial charge in [-0.2, -0.15) is 0 Å². The molecule has 0 saturated heterocycles. The minimum absolute atomic E-state index is 0.0532. The van der Waals surface area contributed by atoms with Gasteiger partial charge in [0.15, 0.2) is 20.8 Å². The quantitative estimate of drug-likeness (QED) is 0.671. The molecule has 1 N–H and O–H groups in total. The highest BCUT2D eigenvalue weighted by atomic mass is 32.2. The first-order chi connectivity index (χ1) is 12.8. The van der Waals surface area contributed by atoms with E-state index in [0.29, 0.717) is 11.8 Å². The number of anilines is 1. The molecular weight excluding hydrogens is 398 g/mol. The van der Waals surface area contributed by atoms with E-state index in [2.05, 4.69) is 10.3 Å². The highest BCUT2D eigenvalue weighted by molar-refractivity contribution is 7.91. The van der Waals surface area contributed by atoms with Crippen LogP contribution in [0.4, 0.5) is 13.9 Å². The first-order valence-corrected chi connectivity index (χ1v) is 10.2. The van der Waals surface area contributed by atoms with Gasteiger partial charge in [0, 0.05) is 12.5 Å². The van der Waals surface area contributed by atoms with Gasteiger partial charge in [-0.05, 0) is 30.3 Å². The van der Waals surface area contributed by atoms with E-state index in [1.54, 1.807) is 0 Å². The Morgan fingerprint density at radius 3 is 2.59 bits per heavy atom. The molecule has 0 atom stereocenters. The monoisotopic (exact) mass is 412 g/mol. The number of hydrogen-bond acceptors (Lipinski definition) is 6. The van der Waals surface area contributed by atoms with Crippen LogP contribution in [0.1, 0.15) is 6.42 Å². The van der Waals surface area contributed by atoms with E-state index in [-0.39, 0.29) is 26.7 Å². The smallest absolute Gasteiger partial charge is 0.227 e. The Morgan fingerprint density at radius 2 is 1.93 bits per heavy atom. The van der Waals surface area contributed by atoms with E-state index in [1.807, 2.05) is 0 Å². The number of hydrogen-bond donors (Lipinski definition) is 1. The Bertz CT molecular complexity index is 1100. The number of fused-ring (bicyclic) bond motifs is 1. The number of carbonyl (C=O) groups excluding carboxylic acids is 1. The maximum absolute atomic E-state index is 13.6. The second-order valence-electron chi connectivity index (χ2n) is 5.55. The molecule has 0 aliphatic rings. The first-order valence-electron chi connectivity index (χ1n) is 7.71. The van der Waals surface area contributed by atoms with Crippen molar-refractivity contribution in [1.82, 2.24) is 4.98 Å². The summed E-state index contributed by atoms with van der Waals surface area (Å²) in [7, 11) is -2.18. The number of nitrogens with zero attached hydrogens (tertiary/aromatic N) is 1. The van der Waals surface area contributed by atoms with E-state index < -0.39 is 33.1 Å². The van der Waals surface area contributed by atoms with Crippen LogP contribution in [0.3, 0.4) is 0 Å². The molecule has 1 heterocycles. The summed E-state index contributed by atoms with van der Waals surface area (Å²) in [4.78, 5) is 16.0. The lowest BCUT2D eigenvalue weighted by molar-refractivity contribution is -0.115. The van der Waals surface area contributed by atoms with Gasteiger partial charge in [0.25, 0.3) is 0 Å². The fourth-order valence-electron chi connectivity index (χ4n) is 2.32. The lowest BCUT2D eigenvalue weighted by Crippen LogP contribution is -2.17. The molecule has 0 fully saturated rings. The molecule has 0 saturated carbocycles. The number of benzene rings is 2. The highest BCUT2D eigenvalue weighted by Crippen LogP contribution is 2.28. The van der Waals surface area contributed by atoms with E-state index in [4.69, 9.17) is 4.74 Å². The maximum Gasteiger partial charge on any atom is 0.227 e. The predicted octanol–water partition coefficient (Wildman–Crippen LogP) is 3.39. The molecule has 6 nitrogen and oxygen atoms in total. The molecule has 3 rings (SSSR count). The van der Waals surface area contributed by atoms with Crippen LogP contribution in [0.25, 0.3) is 10.2 Å². The summed E-state index contributed by atoms with van der Waals surface area (Å²) in [5.74, 6) is -2.05. The summed E-state index contributed by atoms with van der Waals surface area (Å²) in [6.07, 6.45) is -0.304. The zero-order valence-corrected chi connectivity index (χ0v) is 15.7. The number of thiazole rings is 1. The van der Waals surface area contributed by atoms with Crippen LogP contribution in [0.15, 0.2) is 41.3 Å². The van der Waals surface area contributed by atoms with E-state index >= 15 is 0 Å². The van der Waals surface area contributed by atoms with Crippen LogP contribution in [0, 0.1) is 11.6 Å². The number of nitrogens with one attached hydrogen (secondary N) is 1. The highest BCUT2D eigenvalue weighted by Gasteiger charge is 2.18. The summed E-state index contributed by atoms with van der Waals surface area (Å²) in [6, 6.07) is 7.65. The van der Waals surface area contributed by atoms with Crippen molar-refractivity contribution in [2.45, 2.75) is 11.3 Å². The number of methoxy groups -OCH3 is 1. The molecule has 142 valence electrons. The minimum atomic E-state index is -3.65. The summed E-state index contributed by atoms with van der Waals surface area (Å²) >= 11 is 0.901. The molecule has 0 spiro atoms. The molecule has 1 amide bonds.